The lowest BCUT2D eigenvalue weighted by atomic mass is 9.87. The molecule has 196 valence electrons. The minimum Gasteiger partial charge on any atom is -0.497 e. The molecule has 5 rings (SSSR count). The lowest BCUT2D eigenvalue weighted by molar-refractivity contribution is -0.131. The molecule has 3 heterocycles. The number of methoxy groups -OCH3 is 1. The first-order valence-electron chi connectivity index (χ1n) is 12.8. The third-order valence-electron chi connectivity index (χ3n) is 7.75. The van der Waals surface area contributed by atoms with Gasteiger partial charge in [0.2, 0.25) is 11.8 Å². The van der Waals surface area contributed by atoms with Crippen LogP contribution in [0.15, 0.2) is 41.7 Å². The number of benzene rings is 1. The Morgan fingerprint density at radius 1 is 1.16 bits per heavy atom. The number of rotatable bonds is 5. The summed E-state index contributed by atoms with van der Waals surface area (Å²) in [7, 11) is 1.66. The predicted octanol–water partition coefficient (Wildman–Crippen LogP) is 1.79. The van der Waals surface area contributed by atoms with Crippen LogP contribution in [-0.4, -0.2) is 78.9 Å². The van der Waals surface area contributed by atoms with E-state index >= 15 is 0 Å². The summed E-state index contributed by atoms with van der Waals surface area (Å²) in [5.74, 6) is 0.396. The van der Waals surface area contributed by atoms with Crippen molar-refractivity contribution in [3.05, 3.63) is 52.8 Å². The molecule has 1 aromatic carbocycles. The van der Waals surface area contributed by atoms with Crippen molar-refractivity contribution >= 4 is 29.4 Å². The van der Waals surface area contributed by atoms with Crippen molar-refractivity contribution in [2.75, 3.05) is 38.6 Å². The molecule has 0 saturated carbocycles. The maximum Gasteiger partial charge on any atom is 0.318 e. The number of piperidine rings is 1. The number of amides is 5. The number of fused-ring (bicyclic) bond motifs is 2. The topological polar surface area (TPSA) is 120 Å². The standard InChI is InChI=1S/C27H33N5O5/c1-16-11-21(37-2)12-18-5-10-32(27(36)30-25(16)18)20-6-8-31(9-7-20)24(34)15-28-26(35)19-4-3-17-14-23(33)29-22(17)13-19/h3-4,11-13,16,20,25H,5-10,14-15H2,1-2H3,(H,28,35)(H,29,33)(H,30,36). The second kappa shape index (κ2) is 10.3. The molecule has 1 aromatic rings. The summed E-state index contributed by atoms with van der Waals surface area (Å²) in [4.78, 5) is 53.6. The molecule has 2 saturated heterocycles. The molecule has 2 fully saturated rings. The average molecular weight is 508 g/mol. The quantitative estimate of drug-likeness (QED) is 0.561. The summed E-state index contributed by atoms with van der Waals surface area (Å²) in [5.41, 5.74) is 3.08. The van der Waals surface area contributed by atoms with Crippen molar-refractivity contribution in [3.8, 4) is 0 Å². The zero-order valence-electron chi connectivity index (χ0n) is 21.2. The monoisotopic (exact) mass is 507 g/mol. The molecule has 0 aromatic heterocycles. The number of carbonyl (C=O) groups is 4. The molecule has 0 bridgehead atoms. The van der Waals surface area contributed by atoms with Gasteiger partial charge in [-0.05, 0) is 54.7 Å². The highest BCUT2D eigenvalue weighted by Crippen LogP contribution is 2.30. The second-order valence-electron chi connectivity index (χ2n) is 10.1. The Kier molecular flexibility index (Phi) is 6.90. The Bertz CT molecular complexity index is 1180. The van der Waals surface area contributed by atoms with E-state index < -0.39 is 0 Å². The van der Waals surface area contributed by atoms with E-state index in [1.54, 1.807) is 30.2 Å². The Hall–Kier alpha value is -3.82. The Labute approximate surface area is 216 Å². The van der Waals surface area contributed by atoms with E-state index in [0.717, 1.165) is 17.7 Å². The fraction of sp³-hybridized carbons (Fsp3) is 0.481. The largest absolute Gasteiger partial charge is 0.497 e. The summed E-state index contributed by atoms with van der Waals surface area (Å²) in [6.07, 6.45) is 6.55. The van der Waals surface area contributed by atoms with E-state index in [9.17, 15) is 19.2 Å². The highest BCUT2D eigenvalue weighted by atomic mass is 16.5. The molecule has 10 nitrogen and oxygen atoms in total. The lowest BCUT2D eigenvalue weighted by Gasteiger charge is -2.38. The van der Waals surface area contributed by atoms with Gasteiger partial charge < -0.3 is 30.5 Å². The fourth-order valence-corrected chi connectivity index (χ4v) is 5.66. The van der Waals surface area contributed by atoms with Gasteiger partial charge in [0, 0.05) is 42.8 Å². The highest BCUT2D eigenvalue weighted by Gasteiger charge is 2.36. The van der Waals surface area contributed by atoms with Crippen molar-refractivity contribution < 1.29 is 23.9 Å². The van der Waals surface area contributed by atoms with Gasteiger partial charge >= 0.3 is 6.03 Å². The van der Waals surface area contributed by atoms with Crippen molar-refractivity contribution in [1.29, 1.82) is 0 Å². The van der Waals surface area contributed by atoms with Gasteiger partial charge in [-0.3, -0.25) is 14.4 Å². The van der Waals surface area contributed by atoms with Gasteiger partial charge in [-0.25, -0.2) is 4.79 Å². The Morgan fingerprint density at radius 2 is 1.95 bits per heavy atom. The smallest absolute Gasteiger partial charge is 0.318 e. The zero-order chi connectivity index (χ0) is 26.1. The van der Waals surface area contributed by atoms with Crippen molar-refractivity contribution in [2.45, 2.75) is 44.7 Å². The molecule has 4 aliphatic rings. The lowest BCUT2D eigenvalue weighted by Crippen LogP contribution is -2.53. The second-order valence-corrected chi connectivity index (χ2v) is 10.1. The molecule has 0 spiro atoms. The summed E-state index contributed by atoms with van der Waals surface area (Å²) in [6.45, 7) is 3.68. The molecule has 1 aliphatic carbocycles. The Balaban J connectivity index is 1.11. The van der Waals surface area contributed by atoms with E-state index in [4.69, 9.17) is 4.74 Å². The van der Waals surface area contributed by atoms with Crippen molar-refractivity contribution in [1.82, 2.24) is 20.4 Å². The molecular weight excluding hydrogens is 474 g/mol. The van der Waals surface area contributed by atoms with Crippen LogP contribution < -0.4 is 16.0 Å². The first kappa shape index (κ1) is 24.9. The van der Waals surface area contributed by atoms with Crippen LogP contribution in [0, 0.1) is 5.92 Å². The van der Waals surface area contributed by atoms with E-state index in [2.05, 4.69) is 22.9 Å². The number of allylic oxidation sites excluding steroid dienone is 1. The van der Waals surface area contributed by atoms with Crippen LogP contribution in [0.4, 0.5) is 10.5 Å². The molecule has 2 atom stereocenters. The minimum absolute atomic E-state index is 0.0244. The van der Waals surface area contributed by atoms with Crippen molar-refractivity contribution in [3.63, 3.8) is 0 Å². The van der Waals surface area contributed by atoms with E-state index in [1.165, 1.54) is 5.57 Å². The van der Waals surface area contributed by atoms with Crippen LogP contribution in [-0.2, 0) is 20.7 Å². The first-order chi connectivity index (χ1) is 17.8. The SMILES string of the molecule is COC1=CC(C)C2NC(=O)N(C3CCN(C(=O)CNC(=O)c4ccc5c(c4)NC(=O)C5)CC3)CCC2=C1. The number of urea groups is 1. The number of anilines is 1. The van der Waals surface area contributed by atoms with Crippen LogP contribution in [0.2, 0.25) is 0 Å². The zero-order valence-corrected chi connectivity index (χ0v) is 21.2. The molecule has 3 aliphatic heterocycles. The molecular formula is C27H33N5O5. The van der Waals surface area contributed by atoms with Gasteiger partial charge in [0.15, 0.2) is 0 Å². The predicted molar refractivity (Wildman–Crippen MR) is 137 cm³/mol. The maximum atomic E-state index is 13.1. The molecule has 3 N–H and O–H groups in total. The van der Waals surface area contributed by atoms with E-state index in [0.29, 0.717) is 50.1 Å². The van der Waals surface area contributed by atoms with Crippen LogP contribution in [0.1, 0.15) is 42.1 Å². The van der Waals surface area contributed by atoms with E-state index in [-0.39, 0.29) is 48.3 Å². The normalized spacial score (nSPS) is 23.6. The van der Waals surface area contributed by atoms with Gasteiger partial charge in [0.1, 0.15) is 5.76 Å². The molecule has 10 heteroatoms. The van der Waals surface area contributed by atoms with Crippen LogP contribution in [0.3, 0.4) is 0 Å². The third kappa shape index (κ3) is 5.19. The molecule has 37 heavy (non-hydrogen) atoms. The van der Waals surface area contributed by atoms with Gasteiger partial charge in [0.05, 0.1) is 26.1 Å². The number of hydrogen-bond acceptors (Lipinski definition) is 5. The number of carbonyl (C=O) groups excluding carboxylic acids is 4. The van der Waals surface area contributed by atoms with Crippen LogP contribution in [0.25, 0.3) is 0 Å². The van der Waals surface area contributed by atoms with Gasteiger partial charge in [-0.1, -0.05) is 13.0 Å². The number of nitrogens with one attached hydrogen (secondary N) is 3. The molecule has 5 amide bonds. The number of likely N-dealkylation sites (tertiary alicyclic amines) is 1. The van der Waals surface area contributed by atoms with E-state index in [1.807, 2.05) is 17.1 Å². The summed E-state index contributed by atoms with van der Waals surface area (Å²) >= 11 is 0. The maximum absolute atomic E-state index is 13.1. The minimum atomic E-state index is -0.357. The van der Waals surface area contributed by atoms with Gasteiger partial charge in [-0.2, -0.15) is 0 Å². The summed E-state index contributed by atoms with van der Waals surface area (Å²) < 4.78 is 5.42. The first-order valence-corrected chi connectivity index (χ1v) is 12.8. The van der Waals surface area contributed by atoms with Crippen molar-refractivity contribution in [2.24, 2.45) is 5.92 Å². The molecule has 2 unspecified atom stereocenters. The van der Waals surface area contributed by atoms with Crippen LogP contribution in [0.5, 0.6) is 0 Å². The fourth-order valence-electron chi connectivity index (χ4n) is 5.66. The summed E-state index contributed by atoms with van der Waals surface area (Å²) in [5, 5.41) is 8.61. The summed E-state index contributed by atoms with van der Waals surface area (Å²) in [6, 6.07) is 5.03. The number of ether oxygens (including phenoxy) is 1. The third-order valence-corrected chi connectivity index (χ3v) is 7.75. The number of hydrogen-bond donors (Lipinski definition) is 3. The molecule has 0 radical (unpaired) electrons. The Morgan fingerprint density at radius 3 is 2.70 bits per heavy atom. The number of nitrogens with zero attached hydrogens (tertiary/aromatic N) is 2. The van der Waals surface area contributed by atoms with Gasteiger partial charge in [0.25, 0.3) is 5.91 Å². The van der Waals surface area contributed by atoms with Gasteiger partial charge in [-0.15, -0.1) is 0 Å². The van der Waals surface area contributed by atoms with Crippen LogP contribution >= 0.6 is 0 Å². The highest BCUT2D eigenvalue weighted by molar-refractivity contribution is 6.02. The average Bonchev–Trinajstić information content (AvgIpc) is 3.19.